The van der Waals surface area contributed by atoms with E-state index in [1.54, 1.807) is 12.1 Å². The molecule has 0 radical (unpaired) electrons. The predicted octanol–water partition coefficient (Wildman–Crippen LogP) is 2.37. The first-order valence-electron chi connectivity index (χ1n) is 7.25. The molecule has 0 aliphatic heterocycles. The number of carbonyl (C=O) groups excluding carboxylic acids is 2. The molecule has 28 heavy (non-hydrogen) atoms. The number of nitrogens with zero attached hydrogens (tertiary/aromatic N) is 3. The first-order chi connectivity index (χ1) is 13.1. The normalized spacial score (nSPS) is 10.1. The van der Waals surface area contributed by atoms with Crippen molar-refractivity contribution in [3.8, 4) is 6.07 Å². The van der Waals surface area contributed by atoms with Crippen molar-refractivity contribution in [2.75, 3.05) is 15.3 Å². The van der Waals surface area contributed by atoms with Crippen LogP contribution in [0.2, 0.25) is 5.02 Å². The molecule has 4 amide bonds. The van der Waals surface area contributed by atoms with E-state index in [0.29, 0.717) is 9.48 Å². The second kappa shape index (κ2) is 8.28. The molecule has 2 aromatic carbocycles. The third kappa shape index (κ3) is 4.07. The largest absolute Gasteiger partial charge is 0.351 e. The Kier molecular flexibility index (Phi) is 6.26. The van der Waals surface area contributed by atoms with Crippen molar-refractivity contribution in [1.82, 2.24) is 0 Å². The van der Waals surface area contributed by atoms with E-state index < -0.39 is 29.3 Å². The number of carbonyl (C=O) groups is 2. The van der Waals surface area contributed by atoms with E-state index in [0.717, 1.165) is 6.07 Å². The monoisotopic (exact) mass is 470 g/mol. The molecular formula is C15H13BrClFN8O2. The van der Waals surface area contributed by atoms with Crippen LogP contribution in [0.4, 0.5) is 36.7 Å². The summed E-state index contributed by atoms with van der Waals surface area (Å²) in [6.45, 7) is 0. The Hall–Kier alpha value is -3.11. The highest BCUT2D eigenvalue weighted by atomic mass is 79.9. The zero-order valence-corrected chi connectivity index (χ0v) is 16.3. The summed E-state index contributed by atoms with van der Waals surface area (Å²) in [5.41, 5.74) is 8.67. The zero-order valence-electron chi connectivity index (χ0n) is 13.9. The Bertz CT molecular complexity index is 1010. The van der Waals surface area contributed by atoms with E-state index in [4.69, 9.17) is 34.8 Å². The summed E-state index contributed by atoms with van der Waals surface area (Å²) in [6, 6.07) is 5.00. The van der Waals surface area contributed by atoms with Gasteiger partial charge in [0.2, 0.25) is 0 Å². The number of nitrogens with two attached hydrogens (primary N) is 4. The molecule has 0 spiro atoms. The van der Waals surface area contributed by atoms with Crippen molar-refractivity contribution in [2.45, 2.75) is 0 Å². The molecule has 10 nitrogen and oxygen atoms in total. The molecule has 0 heterocycles. The van der Waals surface area contributed by atoms with Crippen molar-refractivity contribution >= 4 is 62.3 Å². The molecule has 146 valence electrons. The molecule has 9 N–H and O–H groups in total. The van der Waals surface area contributed by atoms with E-state index in [-0.39, 0.29) is 27.0 Å². The molecule has 0 saturated heterocycles. The first kappa shape index (κ1) is 21.2. The fourth-order valence-corrected chi connectivity index (χ4v) is 2.92. The molecule has 2 aromatic rings. The number of amides is 4. The summed E-state index contributed by atoms with van der Waals surface area (Å²) < 4.78 is 16.0. The molecule has 0 bridgehead atoms. The van der Waals surface area contributed by atoms with Crippen molar-refractivity contribution in [3.05, 3.63) is 45.1 Å². The van der Waals surface area contributed by atoms with Crippen LogP contribution in [-0.2, 0) is 0 Å². The fraction of sp³-hybridized carbons (Fsp3) is 0. The SMILES string of the molecule is N#Cc1cc(N(N)C(N)=O)c(N(N)C(N)=O)c(F)c1Nc1ccc(Br)cc1Cl. The van der Waals surface area contributed by atoms with Gasteiger partial charge in [-0.15, -0.1) is 0 Å². The second-order valence-corrected chi connectivity index (χ2v) is 6.58. The van der Waals surface area contributed by atoms with E-state index in [1.165, 1.54) is 12.1 Å². The van der Waals surface area contributed by atoms with Crippen LogP contribution in [0.1, 0.15) is 5.56 Å². The summed E-state index contributed by atoms with van der Waals surface area (Å²) in [5, 5.41) is 12.8. The molecule has 0 unspecified atom stereocenters. The molecule has 0 atom stereocenters. The number of rotatable bonds is 4. The van der Waals surface area contributed by atoms with Gasteiger partial charge in [-0.3, -0.25) is 0 Å². The Morgan fingerprint density at radius 2 is 1.79 bits per heavy atom. The highest BCUT2D eigenvalue weighted by Crippen LogP contribution is 2.39. The number of nitriles is 1. The van der Waals surface area contributed by atoms with Gasteiger partial charge in [0.05, 0.1) is 27.6 Å². The summed E-state index contributed by atoms with van der Waals surface area (Å²) in [4.78, 5) is 22.9. The average molecular weight is 472 g/mol. The van der Waals surface area contributed by atoms with Gasteiger partial charge in [-0.1, -0.05) is 27.5 Å². The van der Waals surface area contributed by atoms with Gasteiger partial charge >= 0.3 is 12.1 Å². The number of urea groups is 2. The van der Waals surface area contributed by atoms with E-state index in [9.17, 15) is 14.9 Å². The van der Waals surface area contributed by atoms with Crippen molar-refractivity contribution in [1.29, 1.82) is 5.26 Å². The van der Waals surface area contributed by atoms with Crippen molar-refractivity contribution in [3.63, 3.8) is 0 Å². The quantitative estimate of drug-likeness (QED) is 0.259. The van der Waals surface area contributed by atoms with Crippen molar-refractivity contribution < 1.29 is 14.0 Å². The fourth-order valence-electron chi connectivity index (χ4n) is 2.20. The molecule has 13 heteroatoms. The van der Waals surface area contributed by atoms with Gasteiger partial charge < -0.3 is 16.8 Å². The van der Waals surface area contributed by atoms with Gasteiger partial charge in [0, 0.05) is 4.47 Å². The van der Waals surface area contributed by atoms with E-state index in [1.807, 2.05) is 0 Å². The second-order valence-electron chi connectivity index (χ2n) is 5.26. The molecule has 2 rings (SSSR count). The van der Waals surface area contributed by atoms with Crippen LogP contribution in [-0.4, -0.2) is 12.1 Å². The Morgan fingerprint density at radius 1 is 1.18 bits per heavy atom. The van der Waals surface area contributed by atoms with Gasteiger partial charge in [0.15, 0.2) is 5.82 Å². The van der Waals surface area contributed by atoms with Gasteiger partial charge in [-0.2, -0.15) is 5.26 Å². The van der Waals surface area contributed by atoms with Crippen LogP contribution in [0.5, 0.6) is 0 Å². The Labute approximate surface area is 171 Å². The van der Waals surface area contributed by atoms with Crippen molar-refractivity contribution in [2.24, 2.45) is 23.2 Å². The summed E-state index contributed by atoms with van der Waals surface area (Å²) in [7, 11) is 0. The van der Waals surface area contributed by atoms with E-state index >= 15 is 4.39 Å². The van der Waals surface area contributed by atoms with Crippen LogP contribution in [0.3, 0.4) is 0 Å². The van der Waals surface area contributed by atoms with Gasteiger partial charge in [-0.05, 0) is 24.3 Å². The molecule has 0 saturated carbocycles. The van der Waals surface area contributed by atoms with E-state index in [2.05, 4.69) is 21.2 Å². The minimum atomic E-state index is -1.25. The summed E-state index contributed by atoms with van der Waals surface area (Å²) in [5.74, 6) is 9.85. The number of hydrogen-bond donors (Lipinski definition) is 5. The molecule has 0 aromatic heterocycles. The van der Waals surface area contributed by atoms with Gasteiger partial charge in [-0.25, -0.2) is 35.7 Å². The Balaban J connectivity index is 2.76. The zero-order chi connectivity index (χ0) is 21.2. The number of hydrazine groups is 2. The lowest BCUT2D eigenvalue weighted by atomic mass is 10.1. The third-order valence-corrected chi connectivity index (χ3v) is 4.31. The minimum absolute atomic E-state index is 0.209. The summed E-state index contributed by atoms with van der Waals surface area (Å²) >= 11 is 9.34. The number of hydrogen-bond acceptors (Lipinski definition) is 6. The lowest BCUT2D eigenvalue weighted by molar-refractivity contribution is 0.252. The average Bonchev–Trinajstić information content (AvgIpc) is 2.63. The van der Waals surface area contributed by atoms with Gasteiger partial charge in [0.1, 0.15) is 11.8 Å². The highest BCUT2D eigenvalue weighted by molar-refractivity contribution is 9.10. The maximum absolute atomic E-state index is 15.3. The maximum Gasteiger partial charge on any atom is 0.333 e. The lowest BCUT2D eigenvalue weighted by Gasteiger charge is -2.25. The number of primary amides is 2. The molecule has 0 aliphatic rings. The maximum atomic E-state index is 15.3. The number of nitrogens with one attached hydrogen (secondary N) is 1. The topological polar surface area (TPSA) is 181 Å². The molecule has 0 aliphatic carbocycles. The summed E-state index contributed by atoms with van der Waals surface area (Å²) in [6.07, 6.45) is 0. The highest BCUT2D eigenvalue weighted by Gasteiger charge is 2.28. The molecule has 0 fully saturated rings. The van der Waals surface area contributed by atoms with Crippen LogP contribution in [0.25, 0.3) is 0 Å². The van der Waals surface area contributed by atoms with Crippen LogP contribution in [0, 0.1) is 17.1 Å². The van der Waals surface area contributed by atoms with Crippen LogP contribution in [0.15, 0.2) is 28.7 Å². The standard InChI is InChI=1S/C15H13BrClFN8O2/c16-7-1-2-9(8(17)4-7)24-12-6(5-19)3-10(25(22)14(20)27)13(11(12)18)26(23)15(21)28/h1-4,24H,22-23H2,(H2,20,27)(H2,21,28). The van der Waals surface area contributed by atoms with Gasteiger partial charge in [0.25, 0.3) is 0 Å². The van der Waals surface area contributed by atoms with Crippen LogP contribution >= 0.6 is 27.5 Å². The third-order valence-electron chi connectivity index (χ3n) is 3.51. The minimum Gasteiger partial charge on any atom is -0.351 e. The number of anilines is 4. The smallest absolute Gasteiger partial charge is 0.333 e. The lowest BCUT2D eigenvalue weighted by Crippen LogP contribution is -2.46. The predicted molar refractivity (Wildman–Crippen MR) is 106 cm³/mol. The number of benzene rings is 2. The molecular weight excluding hydrogens is 459 g/mol. The van der Waals surface area contributed by atoms with Crippen LogP contribution < -0.4 is 38.5 Å². The number of halogens is 3. The Morgan fingerprint density at radius 3 is 2.29 bits per heavy atom. The first-order valence-corrected chi connectivity index (χ1v) is 8.42.